The van der Waals surface area contributed by atoms with Crippen LogP contribution in [-0.4, -0.2) is 33.4 Å². The number of amides is 1. The number of carbonyl (C=O) groups excluding carboxylic acids is 2. The van der Waals surface area contributed by atoms with E-state index in [-0.39, 0.29) is 22.0 Å². The minimum Gasteiger partial charge on any atom is -0.452 e. The third kappa shape index (κ3) is 4.94. The van der Waals surface area contributed by atoms with E-state index in [0.29, 0.717) is 16.6 Å². The summed E-state index contributed by atoms with van der Waals surface area (Å²) in [5, 5.41) is 14.0. The average Bonchev–Trinajstić information content (AvgIpc) is 2.83. The second-order valence-electron chi connectivity index (χ2n) is 6.85. The number of non-ortho nitro benzene ring substituents is 1. The molecule has 0 saturated heterocycles. The van der Waals surface area contributed by atoms with Gasteiger partial charge in [0.1, 0.15) is 0 Å². The summed E-state index contributed by atoms with van der Waals surface area (Å²) < 4.78 is 5.21. The number of pyridine rings is 2. The van der Waals surface area contributed by atoms with Crippen LogP contribution in [0.25, 0.3) is 22.2 Å². The van der Waals surface area contributed by atoms with Crippen LogP contribution in [0, 0.1) is 10.1 Å². The van der Waals surface area contributed by atoms with Crippen LogP contribution in [0.3, 0.4) is 0 Å². The number of esters is 1. The van der Waals surface area contributed by atoms with E-state index in [1.165, 1.54) is 12.1 Å². The minimum absolute atomic E-state index is 0.0428. The Bertz CT molecular complexity index is 1380. The van der Waals surface area contributed by atoms with Crippen molar-refractivity contribution in [3.63, 3.8) is 0 Å². The number of nitro groups is 1. The van der Waals surface area contributed by atoms with Gasteiger partial charge in [-0.2, -0.15) is 0 Å². The van der Waals surface area contributed by atoms with Gasteiger partial charge in [-0.1, -0.05) is 29.8 Å². The highest BCUT2D eigenvalue weighted by Crippen LogP contribution is 2.27. The summed E-state index contributed by atoms with van der Waals surface area (Å²) in [6.45, 7) is -0.612. The first-order valence-corrected chi connectivity index (χ1v) is 10.0. The second-order valence-corrected chi connectivity index (χ2v) is 7.26. The fourth-order valence-electron chi connectivity index (χ4n) is 3.13. The molecular weight excluding hydrogens is 448 g/mol. The van der Waals surface area contributed by atoms with Crippen LogP contribution in [0.5, 0.6) is 0 Å². The maximum absolute atomic E-state index is 12.9. The quantitative estimate of drug-likeness (QED) is 0.251. The molecule has 4 rings (SSSR count). The lowest BCUT2D eigenvalue weighted by molar-refractivity contribution is -0.384. The van der Waals surface area contributed by atoms with Crippen LogP contribution in [0.15, 0.2) is 73.1 Å². The zero-order chi connectivity index (χ0) is 23.4. The summed E-state index contributed by atoms with van der Waals surface area (Å²) in [7, 11) is 0. The van der Waals surface area contributed by atoms with Gasteiger partial charge in [0.2, 0.25) is 0 Å². The number of benzene rings is 2. The third-order valence-corrected chi connectivity index (χ3v) is 5.01. The van der Waals surface area contributed by atoms with Crippen LogP contribution in [0.2, 0.25) is 5.02 Å². The minimum atomic E-state index is -0.718. The molecule has 0 aliphatic carbocycles. The van der Waals surface area contributed by atoms with E-state index in [1.807, 2.05) is 0 Å². The Hall–Kier alpha value is -4.37. The fraction of sp³-hybridized carbons (Fsp3) is 0.0435. The number of para-hydroxylation sites is 1. The Morgan fingerprint density at radius 1 is 1.06 bits per heavy atom. The van der Waals surface area contributed by atoms with Crippen molar-refractivity contribution in [3.8, 4) is 11.3 Å². The number of nitro benzene ring substituents is 1. The number of fused-ring (bicyclic) bond motifs is 1. The molecular formula is C23H15ClN4O5. The van der Waals surface area contributed by atoms with Crippen LogP contribution in [0.1, 0.15) is 10.4 Å². The zero-order valence-corrected chi connectivity index (χ0v) is 17.7. The fourth-order valence-corrected chi connectivity index (χ4v) is 3.30. The standard InChI is InChI=1S/C23H15ClN4O5/c24-18-6-5-15(28(31)32)11-21(18)27-22(29)13-33-23(30)17-12-20(14-7-9-25-10-8-14)26-19-4-2-1-3-16(17)19/h1-12H,13H2,(H,27,29). The van der Waals surface area contributed by atoms with E-state index in [0.717, 1.165) is 11.6 Å². The Morgan fingerprint density at radius 3 is 2.58 bits per heavy atom. The first-order chi connectivity index (χ1) is 15.9. The molecule has 1 amide bonds. The van der Waals surface area contributed by atoms with E-state index in [9.17, 15) is 19.7 Å². The lowest BCUT2D eigenvalue weighted by atomic mass is 10.0. The molecule has 0 fully saturated rings. The number of nitrogens with zero attached hydrogens (tertiary/aromatic N) is 3. The summed E-state index contributed by atoms with van der Waals surface area (Å²) in [6, 6.07) is 15.8. The highest BCUT2D eigenvalue weighted by molar-refractivity contribution is 6.33. The highest BCUT2D eigenvalue weighted by Gasteiger charge is 2.18. The summed E-state index contributed by atoms with van der Waals surface area (Å²) in [5.41, 5.74) is 1.96. The van der Waals surface area contributed by atoms with Gasteiger partial charge in [-0.15, -0.1) is 0 Å². The van der Waals surface area contributed by atoms with Crippen LogP contribution < -0.4 is 5.32 Å². The summed E-state index contributed by atoms with van der Waals surface area (Å²) in [4.78, 5) is 44.0. The van der Waals surface area contributed by atoms with Crippen LogP contribution in [0.4, 0.5) is 11.4 Å². The zero-order valence-electron chi connectivity index (χ0n) is 16.9. The molecule has 0 bridgehead atoms. The van der Waals surface area contributed by atoms with Crippen molar-refractivity contribution >= 4 is 45.8 Å². The molecule has 0 aliphatic rings. The third-order valence-electron chi connectivity index (χ3n) is 4.68. The van der Waals surface area contributed by atoms with Crippen molar-refractivity contribution in [2.45, 2.75) is 0 Å². The normalized spacial score (nSPS) is 10.6. The molecule has 4 aromatic rings. The van der Waals surface area contributed by atoms with Crippen molar-refractivity contribution in [2.24, 2.45) is 0 Å². The van der Waals surface area contributed by atoms with Gasteiger partial charge in [-0.05, 0) is 30.3 Å². The predicted molar refractivity (Wildman–Crippen MR) is 122 cm³/mol. The molecule has 0 aliphatic heterocycles. The van der Waals surface area contributed by atoms with E-state index >= 15 is 0 Å². The summed E-state index contributed by atoms with van der Waals surface area (Å²) >= 11 is 5.99. The number of carbonyl (C=O) groups is 2. The Morgan fingerprint density at radius 2 is 1.82 bits per heavy atom. The Kier molecular flexibility index (Phi) is 6.23. The van der Waals surface area contributed by atoms with Gasteiger partial charge in [-0.25, -0.2) is 9.78 Å². The Balaban J connectivity index is 1.54. The Labute approximate surface area is 192 Å². The highest BCUT2D eigenvalue weighted by atomic mass is 35.5. The SMILES string of the molecule is O=C(COC(=O)c1cc(-c2ccncc2)nc2ccccc12)Nc1cc([N+](=O)[O-])ccc1Cl. The number of aromatic nitrogens is 2. The molecule has 33 heavy (non-hydrogen) atoms. The molecule has 0 unspecified atom stereocenters. The van der Waals surface area contributed by atoms with E-state index in [4.69, 9.17) is 16.3 Å². The monoisotopic (exact) mass is 462 g/mol. The molecule has 0 spiro atoms. The topological polar surface area (TPSA) is 124 Å². The van der Waals surface area contributed by atoms with Crippen LogP contribution in [-0.2, 0) is 9.53 Å². The molecule has 1 N–H and O–H groups in total. The first kappa shape index (κ1) is 21.8. The molecule has 9 nitrogen and oxygen atoms in total. The summed E-state index contributed by atoms with van der Waals surface area (Å²) in [6.07, 6.45) is 3.24. The molecule has 2 heterocycles. The molecule has 10 heteroatoms. The predicted octanol–water partition coefficient (Wildman–Crippen LogP) is 4.65. The van der Waals surface area contributed by atoms with Gasteiger partial charge in [0.05, 0.1) is 32.4 Å². The lowest BCUT2D eigenvalue weighted by Crippen LogP contribution is -2.21. The maximum Gasteiger partial charge on any atom is 0.339 e. The second kappa shape index (κ2) is 9.41. The average molecular weight is 463 g/mol. The number of hydrogen-bond acceptors (Lipinski definition) is 7. The number of nitrogens with one attached hydrogen (secondary N) is 1. The summed E-state index contributed by atoms with van der Waals surface area (Å²) in [5.74, 6) is -1.41. The van der Waals surface area contributed by atoms with Gasteiger partial charge in [-0.3, -0.25) is 19.9 Å². The maximum atomic E-state index is 12.9. The smallest absolute Gasteiger partial charge is 0.339 e. The number of anilines is 1. The number of hydrogen-bond donors (Lipinski definition) is 1. The van der Waals surface area contributed by atoms with Gasteiger partial charge in [0, 0.05) is 35.5 Å². The van der Waals surface area contributed by atoms with E-state index in [1.54, 1.807) is 54.9 Å². The number of rotatable bonds is 6. The van der Waals surface area contributed by atoms with Crippen molar-refractivity contribution in [1.82, 2.24) is 9.97 Å². The molecule has 0 radical (unpaired) electrons. The van der Waals surface area contributed by atoms with Crippen LogP contribution >= 0.6 is 11.6 Å². The van der Waals surface area contributed by atoms with Gasteiger partial charge >= 0.3 is 5.97 Å². The lowest BCUT2D eigenvalue weighted by Gasteiger charge is -2.11. The van der Waals surface area contributed by atoms with Crippen molar-refractivity contribution < 1.29 is 19.2 Å². The van der Waals surface area contributed by atoms with E-state index < -0.39 is 23.4 Å². The van der Waals surface area contributed by atoms with Crippen molar-refractivity contribution in [1.29, 1.82) is 0 Å². The molecule has 0 saturated carbocycles. The van der Waals surface area contributed by atoms with E-state index in [2.05, 4.69) is 15.3 Å². The largest absolute Gasteiger partial charge is 0.452 e. The first-order valence-electron chi connectivity index (χ1n) is 9.63. The van der Waals surface area contributed by atoms with Crippen molar-refractivity contribution in [3.05, 3.63) is 93.8 Å². The number of halogens is 1. The molecule has 164 valence electrons. The molecule has 2 aromatic heterocycles. The van der Waals surface area contributed by atoms with Crippen molar-refractivity contribution in [2.75, 3.05) is 11.9 Å². The van der Waals surface area contributed by atoms with Gasteiger partial charge < -0.3 is 10.1 Å². The number of ether oxygens (including phenoxy) is 1. The van der Waals surface area contributed by atoms with Gasteiger partial charge in [0.15, 0.2) is 6.61 Å². The molecule has 0 atom stereocenters. The molecule has 2 aromatic carbocycles. The van der Waals surface area contributed by atoms with Gasteiger partial charge in [0.25, 0.3) is 11.6 Å².